The van der Waals surface area contributed by atoms with Gasteiger partial charge in [-0.3, -0.25) is 14.7 Å². The number of hydrogen-bond acceptors (Lipinski definition) is 4. The van der Waals surface area contributed by atoms with Crippen molar-refractivity contribution in [1.29, 1.82) is 0 Å². The predicted molar refractivity (Wildman–Crippen MR) is 68.4 cm³/mol. The van der Waals surface area contributed by atoms with Crippen LogP contribution < -0.4 is 10.5 Å². The molecule has 2 rings (SSSR count). The van der Waals surface area contributed by atoms with Crippen LogP contribution in [0.15, 0.2) is 12.3 Å². The number of methoxy groups -OCH3 is 1. The van der Waals surface area contributed by atoms with E-state index in [1.165, 1.54) is 19.3 Å². The Bertz CT molecular complexity index is 428. The summed E-state index contributed by atoms with van der Waals surface area (Å²) in [7, 11) is 1.60. The van der Waals surface area contributed by atoms with Crippen molar-refractivity contribution in [3.8, 4) is 5.75 Å². The van der Waals surface area contributed by atoms with Gasteiger partial charge in [0.15, 0.2) is 0 Å². The molecule has 0 unspecified atom stereocenters. The number of primary amides is 1. The number of ether oxygens (including phenoxy) is 1. The van der Waals surface area contributed by atoms with E-state index < -0.39 is 5.91 Å². The van der Waals surface area contributed by atoms with Crippen molar-refractivity contribution in [2.24, 2.45) is 5.73 Å². The molecule has 2 N–H and O–H groups in total. The highest BCUT2D eigenvalue weighted by Gasteiger charge is 2.14. The number of nitrogens with two attached hydrogens (primary N) is 1. The maximum Gasteiger partial charge on any atom is 0.267 e. The van der Waals surface area contributed by atoms with E-state index in [1.54, 1.807) is 19.4 Å². The van der Waals surface area contributed by atoms with Crippen LogP contribution in [0.5, 0.6) is 5.75 Å². The van der Waals surface area contributed by atoms with Crippen LogP contribution in [0.25, 0.3) is 0 Å². The summed E-state index contributed by atoms with van der Waals surface area (Å²) >= 11 is 0. The fraction of sp³-hybridized carbons (Fsp3) is 0.538. The molecule has 0 saturated carbocycles. The Labute approximate surface area is 107 Å². The van der Waals surface area contributed by atoms with Gasteiger partial charge in [0.05, 0.1) is 7.11 Å². The average molecular weight is 249 g/mol. The first-order valence-corrected chi connectivity index (χ1v) is 6.26. The zero-order chi connectivity index (χ0) is 13.0. The van der Waals surface area contributed by atoms with E-state index in [0.717, 1.165) is 25.2 Å². The number of nitrogens with zero attached hydrogens (tertiary/aromatic N) is 2. The Morgan fingerprint density at radius 1 is 1.44 bits per heavy atom. The topological polar surface area (TPSA) is 68.5 Å². The monoisotopic (exact) mass is 249 g/mol. The van der Waals surface area contributed by atoms with Crippen LogP contribution in [0.3, 0.4) is 0 Å². The van der Waals surface area contributed by atoms with Gasteiger partial charge in [0, 0.05) is 24.4 Å². The molecular formula is C13H19N3O2. The first-order valence-electron chi connectivity index (χ1n) is 6.26. The molecule has 1 amide bonds. The molecule has 0 spiro atoms. The minimum Gasteiger partial charge on any atom is -0.496 e. The zero-order valence-electron chi connectivity index (χ0n) is 10.7. The molecule has 2 heterocycles. The van der Waals surface area contributed by atoms with Crippen molar-refractivity contribution in [3.63, 3.8) is 0 Å². The molecule has 1 aromatic heterocycles. The summed E-state index contributed by atoms with van der Waals surface area (Å²) < 4.78 is 5.30. The van der Waals surface area contributed by atoms with Crippen LogP contribution in [-0.2, 0) is 6.54 Å². The van der Waals surface area contributed by atoms with Gasteiger partial charge in [-0.25, -0.2) is 0 Å². The van der Waals surface area contributed by atoms with Gasteiger partial charge in [0.1, 0.15) is 11.4 Å². The zero-order valence-corrected chi connectivity index (χ0v) is 10.7. The number of carbonyl (C=O) groups is 1. The summed E-state index contributed by atoms with van der Waals surface area (Å²) in [6.07, 6.45) is 5.49. The van der Waals surface area contributed by atoms with Crippen molar-refractivity contribution in [2.75, 3.05) is 20.2 Å². The number of rotatable bonds is 4. The Morgan fingerprint density at radius 2 is 2.17 bits per heavy atom. The van der Waals surface area contributed by atoms with Crippen molar-refractivity contribution >= 4 is 5.91 Å². The fourth-order valence-electron chi connectivity index (χ4n) is 2.27. The summed E-state index contributed by atoms with van der Waals surface area (Å²) in [5, 5.41) is 0. The third-order valence-corrected chi connectivity index (χ3v) is 3.26. The standard InChI is InChI=1S/C13H19N3O2/c1-18-12-7-11(13(14)17)15-8-10(12)9-16-5-3-2-4-6-16/h7-8H,2-6,9H2,1H3,(H2,14,17). The van der Waals surface area contributed by atoms with E-state index in [9.17, 15) is 4.79 Å². The summed E-state index contributed by atoms with van der Waals surface area (Å²) in [5.74, 6) is 0.155. The first kappa shape index (κ1) is 12.8. The molecule has 1 saturated heterocycles. The van der Waals surface area contributed by atoms with Gasteiger partial charge in [-0.05, 0) is 25.9 Å². The average Bonchev–Trinajstić information content (AvgIpc) is 2.40. The third kappa shape index (κ3) is 2.98. The highest BCUT2D eigenvalue weighted by atomic mass is 16.5. The smallest absolute Gasteiger partial charge is 0.267 e. The molecule has 1 aromatic rings. The molecule has 98 valence electrons. The van der Waals surface area contributed by atoms with Crippen molar-refractivity contribution in [2.45, 2.75) is 25.8 Å². The van der Waals surface area contributed by atoms with Gasteiger partial charge < -0.3 is 10.5 Å². The van der Waals surface area contributed by atoms with Crippen LogP contribution in [0.1, 0.15) is 35.3 Å². The Morgan fingerprint density at radius 3 is 2.78 bits per heavy atom. The van der Waals surface area contributed by atoms with Gasteiger partial charge in [-0.1, -0.05) is 6.42 Å². The van der Waals surface area contributed by atoms with E-state index in [2.05, 4.69) is 9.88 Å². The Kier molecular flexibility index (Phi) is 4.15. The number of hydrogen-bond donors (Lipinski definition) is 1. The maximum absolute atomic E-state index is 11.1. The lowest BCUT2D eigenvalue weighted by molar-refractivity contribution is 0.0995. The number of carbonyl (C=O) groups excluding carboxylic acids is 1. The van der Waals surface area contributed by atoms with E-state index >= 15 is 0 Å². The number of piperidine rings is 1. The Hall–Kier alpha value is -1.62. The lowest BCUT2D eigenvalue weighted by Gasteiger charge is -2.26. The van der Waals surface area contributed by atoms with E-state index in [-0.39, 0.29) is 5.69 Å². The van der Waals surface area contributed by atoms with Crippen LogP contribution in [-0.4, -0.2) is 36.0 Å². The second kappa shape index (κ2) is 5.82. The first-order chi connectivity index (χ1) is 8.70. The van der Waals surface area contributed by atoms with E-state index in [0.29, 0.717) is 5.75 Å². The van der Waals surface area contributed by atoms with Gasteiger partial charge in [-0.2, -0.15) is 0 Å². The van der Waals surface area contributed by atoms with Gasteiger partial charge in [-0.15, -0.1) is 0 Å². The molecule has 0 aromatic carbocycles. The van der Waals surface area contributed by atoms with Gasteiger partial charge >= 0.3 is 0 Å². The number of likely N-dealkylation sites (tertiary alicyclic amines) is 1. The van der Waals surface area contributed by atoms with Gasteiger partial charge in [0.25, 0.3) is 5.91 Å². The quantitative estimate of drug-likeness (QED) is 0.870. The molecule has 0 aliphatic carbocycles. The Balaban J connectivity index is 2.13. The molecule has 1 aliphatic heterocycles. The second-order valence-corrected chi connectivity index (χ2v) is 4.58. The molecule has 1 aliphatic rings. The summed E-state index contributed by atoms with van der Waals surface area (Å²) in [5.41, 5.74) is 6.45. The maximum atomic E-state index is 11.1. The SMILES string of the molecule is COc1cc(C(N)=O)ncc1CN1CCCCC1. The lowest BCUT2D eigenvalue weighted by Crippen LogP contribution is -2.29. The van der Waals surface area contributed by atoms with Crippen molar-refractivity contribution < 1.29 is 9.53 Å². The van der Waals surface area contributed by atoms with Crippen LogP contribution >= 0.6 is 0 Å². The van der Waals surface area contributed by atoms with Crippen molar-refractivity contribution in [1.82, 2.24) is 9.88 Å². The summed E-state index contributed by atoms with van der Waals surface area (Å²) in [6, 6.07) is 1.61. The third-order valence-electron chi connectivity index (χ3n) is 3.26. The van der Waals surface area contributed by atoms with Crippen LogP contribution in [0, 0.1) is 0 Å². The molecule has 0 radical (unpaired) electrons. The largest absolute Gasteiger partial charge is 0.496 e. The molecule has 0 atom stereocenters. The highest BCUT2D eigenvalue weighted by molar-refractivity contribution is 5.91. The molecule has 18 heavy (non-hydrogen) atoms. The van der Waals surface area contributed by atoms with Crippen LogP contribution in [0.4, 0.5) is 0 Å². The minimum absolute atomic E-state index is 0.245. The predicted octanol–water partition coefficient (Wildman–Crippen LogP) is 1.17. The number of pyridine rings is 1. The second-order valence-electron chi connectivity index (χ2n) is 4.58. The number of aromatic nitrogens is 1. The van der Waals surface area contributed by atoms with E-state index in [4.69, 9.17) is 10.5 Å². The minimum atomic E-state index is -0.530. The summed E-state index contributed by atoms with van der Waals surface area (Å²) in [6.45, 7) is 3.04. The molecule has 5 nitrogen and oxygen atoms in total. The molecule has 0 bridgehead atoms. The van der Waals surface area contributed by atoms with Gasteiger partial charge in [0.2, 0.25) is 0 Å². The molecule has 1 fully saturated rings. The highest BCUT2D eigenvalue weighted by Crippen LogP contribution is 2.21. The van der Waals surface area contributed by atoms with Crippen LogP contribution in [0.2, 0.25) is 0 Å². The molecule has 5 heteroatoms. The number of amides is 1. The van der Waals surface area contributed by atoms with Crippen molar-refractivity contribution in [3.05, 3.63) is 23.5 Å². The lowest BCUT2D eigenvalue weighted by atomic mass is 10.1. The normalized spacial score (nSPS) is 16.5. The summed E-state index contributed by atoms with van der Waals surface area (Å²) in [4.78, 5) is 17.5. The fourth-order valence-corrected chi connectivity index (χ4v) is 2.27. The molecular weight excluding hydrogens is 230 g/mol. The van der Waals surface area contributed by atoms with E-state index in [1.807, 2.05) is 0 Å².